The zero-order chi connectivity index (χ0) is 13.0. The van der Waals surface area contributed by atoms with Crippen LogP contribution in [-0.4, -0.2) is 23.4 Å². The minimum absolute atomic E-state index is 0.118. The van der Waals surface area contributed by atoms with E-state index < -0.39 is 0 Å². The Morgan fingerprint density at radius 2 is 2.06 bits per heavy atom. The molecular weight excluding hydrogens is 246 g/mol. The van der Waals surface area contributed by atoms with Crippen LogP contribution < -0.4 is 0 Å². The first-order chi connectivity index (χ1) is 8.72. The van der Waals surface area contributed by atoms with E-state index in [-0.39, 0.29) is 5.91 Å². The Kier molecular flexibility index (Phi) is 4.65. The molecule has 2 nitrogen and oxygen atoms in total. The van der Waals surface area contributed by atoms with Crippen LogP contribution >= 0.6 is 11.6 Å². The Labute approximate surface area is 114 Å². The molecule has 0 heterocycles. The Morgan fingerprint density at radius 3 is 2.67 bits per heavy atom. The lowest BCUT2D eigenvalue weighted by molar-refractivity contribution is 0.0648. The van der Waals surface area contributed by atoms with Gasteiger partial charge in [0.05, 0.1) is 0 Å². The van der Waals surface area contributed by atoms with E-state index in [1.165, 1.54) is 19.3 Å². The maximum atomic E-state index is 12.5. The summed E-state index contributed by atoms with van der Waals surface area (Å²) in [7, 11) is 0. The molecule has 1 aromatic rings. The van der Waals surface area contributed by atoms with Crippen molar-refractivity contribution in [3.05, 3.63) is 34.9 Å². The zero-order valence-corrected chi connectivity index (χ0v) is 11.6. The molecule has 3 heteroatoms. The molecule has 1 fully saturated rings. The summed E-state index contributed by atoms with van der Waals surface area (Å²) in [5.41, 5.74) is 0.704. The Morgan fingerprint density at radius 1 is 1.33 bits per heavy atom. The number of hydrogen-bond acceptors (Lipinski definition) is 1. The van der Waals surface area contributed by atoms with Gasteiger partial charge in [0.25, 0.3) is 5.91 Å². The first-order valence-corrected chi connectivity index (χ1v) is 7.16. The summed E-state index contributed by atoms with van der Waals surface area (Å²) in [6.07, 6.45) is 6.06. The quantitative estimate of drug-likeness (QED) is 0.805. The lowest BCUT2D eigenvalue weighted by atomic mass is 9.93. The normalized spacial score (nSPS) is 16.6. The largest absolute Gasteiger partial charge is 0.336 e. The van der Waals surface area contributed by atoms with Crippen molar-refractivity contribution in [1.82, 2.24) is 4.90 Å². The van der Waals surface area contributed by atoms with Gasteiger partial charge in [0, 0.05) is 23.2 Å². The third-order valence-corrected chi connectivity index (χ3v) is 3.92. The van der Waals surface area contributed by atoms with Crippen LogP contribution in [0.5, 0.6) is 0 Å². The van der Waals surface area contributed by atoms with Crippen LogP contribution in [0.2, 0.25) is 5.02 Å². The predicted octanol–water partition coefficient (Wildman–Crippen LogP) is 4.13. The minimum atomic E-state index is 0.118. The molecule has 0 bridgehead atoms. The first-order valence-electron chi connectivity index (χ1n) is 6.79. The molecular formula is C15H20ClNO. The number of amides is 1. The highest BCUT2D eigenvalue weighted by molar-refractivity contribution is 6.30. The van der Waals surface area contributed by atoms with E-state index in [0.29, 0.717) is 16.6 Å². The van der Waals surface area contributed by atoms with Crippen molar-refractivity contribution in [3.8, 4) is 0 Å². The number of rotatable bonds is 3. The molecule has 2 rings (SSSR count). The van der Waals surface area contributed by atoms with Crippen molar-refractivity contribution in [1.29, 1.82) is 0 Å². The van der Waals surface area contributed by atoms with Gasteiger partial charge in [-0.15, -0.1) is 0 Å². The fraction of sp³-hybridized carbons (Fsp3) is 0.533. The second-order valence-electron chi connectivity index (χ2n) is 4.89. The van der Waals surface area contributed by atoms with Crippen LogP contribution in [0.25, 0.3) is 0 Å². The van der Waals surface area contributed by atoms with Crippen LogP contribution in [0.1, 0.15) is 49.4 Å². The van der Waals surface area contributed by atoms with E-state index in [2.05, 4.69) is 6.92 Å². The summed E-state index contributed by atoms with van der Waals surface area (Å²) in [6.45, 7) is 2.83. The van der Waals surface area contributed by atoms with Crippen molar-refractivity contribution in [2.24, 2.45) is 0 Å². The van der Waals surface area contributed by atoms with Gasteiger partial charge in [0.2, 0.25) is 0 Å². The molecule has 1 saturated carbocycles. The van der Waals surface area contributed by atoms with E-state index >= 15 is 0 Å². The topological polar surface area (TPSA) is 20.3 Å². The zero-order valence-electron chi connectivity index (χ0n) is 10.9. The van der Waals surface area contributed by atoms with Gasteiger partial charge >= 0.3 is 0 Å². The molecule has 0 saturated heterocycles. The molecule has 0 radical (unpaired) electrons. The molecule has 1 amide bonds. The predicted molar refractivity (Wildman–Crippen MR) is 75.0 cm³/mol. The minimum Gasteiger partial charge on any atom is -0.336 e. The Bertz CT molecular complexity index is 413. The SMILES string of the molecule is CCN(C(=O)c1cccc(Cl)c1)C1CCCCC1. The highest BCUT2D eigenvalue weighted by atomic mass is 35.5. The van der Waals surface area contributed by atoms with E-state index in [0.717, 1.165) is 19.4 Å². The highest BCUT2D eigenvalue weighted by Gasteiger charge is 2.24. The Balaban J connectivity index is 2.14. The number of halogens is 1. The molecule has 0 aromatic heterocycles. The van der Waals surface area contributed by atoms with Crippen LogP contribution in [-0.2, 0) is 0 Å². The van der Waals surface area contributed by atoms with Gasteiger partial charge in [-0.25, -0.2) is 0 Å². The molecule has 0 spiro atoms. The maximum absolute atomic E-state index is 12.5. The number of nitrogens with zero attached hydrogens (tertiary/aromatic N) is 1. The highest BCUT2D eigenvalue weighted by Crippen LogP contribution is 2.24. The number of carbonyl (C=O) groups excluding carboxylic acids is 1. The summed E-state index contributed by atoms with van der Waals surface area (Å²) >= 11 is 5.95. The maximum Gasteiger partial charge on any atom is 0.254 e. The first kappa shape index (κ1) is 13.4. The second kappa shape index (κ2) is 6.24. The van der Waals surface area contributed by atoms with Gasteiger partial charge in [-0.05, 0) is 38.0 Å². The van der Waals surface area contributed by atoms with Gasteiger partial charge in [0.15, 0.2) is 0 Å². The van der Waals surface area contributed by atoms with Crippen molar-refractivity contribution < 1.29 is 4.79 Å². The van der Waals surface area contributed by atoms with Crippen LogP contribution in [0.15, 0.2) is 24.3 Å². The lowest BCUT2D eigenvalue weighted by Gasteiger charge is -2.33. The van der Waals surface area contributed by atoms with Gasteiger partial charge in [0.1, 0.15) is 0 Å². The average Bonchev–Trinajstić information content (AvgIpc) is 2.41. The molecule has 0 aliphatic heterocycles. The second-order valence-corrected chi connectivity index (χ2v) is 5.33. The summed E-state index contributed by atoms with van der Waals surface area (Å²) in [4.78, 5) is 14.5. The molecule has 0 atom stereocenters. The van der Waals surface area contributed by atoms with E-state index in [1.807, 2.05) is 17.0 Å². The van der Waals surface area contributed by atoms with Gasteiger partial charge in [-0.1, -0.05) is 36.9 Å². The fourth-order valence-corrected chi connectivity index (χ4v) is 2.94. The van der Waals surface area contributed by atoms with Gasteiger partial charge < -0.3 is 4.90 Å². The van der Waals surface area contributed by atoms with Crippen LogP contribution in [0, 0.1) is 0 Å². The monoisotopic (exact) mass is 265 g/mol. The Hall–Kier alpha value is -1.02. The standard InChI is InChI=1S/C15H20ClNO/c1-2-17(14-9-4-3-5-10-14)15(18)12-7-6-8-13(16)11-12/h6-8,11,14H,2-5,9-10H2,1H3. The summed E-state index contributed by atoms with van der Waals surface area (Å²) < 4.78 is 0. The van der Waals surface area contributed by atoms with Crippen molar-refractivity contribution in [2.75, 3.05) is 6.54 Å². The van der Waals surface area contributed by atoms with Gasteiger partial charge in [-0.2, -0.15) is 0 Å². The van der Waals surface area contributed by atoms with E-state index in [4.69, 9.17) is 11.6 Å². The van der Waals surface area contributed by atoms with Crippen LogP contribution in [0.3, 0.4) is 0 Å². The molecule has 1 aromatic carbocycles. The van der Waals surface area contributed by atoms with E-state index in [9.17, 15) is 4.79 Å². The molecule has 1 aliphatic carbocycles. The average molecular weight is 266 g/mol. The third-order valence-electron chi connectivity index (χ3n) is 3.69. The summed E-state index contributed by atoms with van der Waals surface area (Å²) in [5.74, 6) is 0.118. The summed E-state index contributed by atoms with van der Waals surface area (Å²) in [6, 6.07) is 7.66. The van der Waals surface area contributed by atoms with Crippen molar-refractivity contribution >= 4 is 17.5 Å². The van der Waals surface area contributed by atoms with E-state index in [1.54, 1.807) is 12.1 Å². The molecule has 18 heavy (non-hydrogen) atoms. The molecule has 98 valence electrons. The molecule has 0 N–H and O–H groups in total. The molecule has 0 unspecified atom stereocenters. The van der Waals surface area contributed by atoms with Crippen molar-refractivity contribution in [3.63, 3.8) is 0 Å². The number of benzene rings is 1. The smallest absolute Gasteiger partial charge is 0.254 e. The number of hydrogen-bond donors (Lipinski definition) is 0. The summed E-state index contributed by atoms with van der Waals surface area (Å²) in [5, 5.41) is 0.626. The van der Waals surface area contributed by atoms with Crippen molar-refractivity contribution in [2.45, 2.75) is 45.1 Å². The molecule has 1 aliphatic rings. The number of carbonyl (C=O) groups is 1. The lowest BCUT2D eigenvalue weighted by Crippen LogP contribution is -2.41. The van der Waals surface area contributed by atoms with Crippen LogP contribution in [0.4, 0.5) is 0 Å². The van der Waals surface area contributed by atoms with Gasteiger partial charge in [-0.3, -0.25) is 4.79 Å². The fourth-order valence-electron chi connectivity index (χ4n) is 2.75. The third kappa shape index (κ3) is 3.05.